The van der Waals surface area contributed by atoms with Crippen molar-refractivity contribution in [3.8, 4) is 0 Å². The van der Waals surface area contributed by atoms with Crippen LogP contribution in [0.2, 0.25) is 0 Å². The fourth-order valence-corrected chi connectivity index (χ4v) is 5.41. The van der Waals surface area contributed by atoms with Gasteiger partial charge < -0.3 is 10.1 Å². The molecule has 0 radical (unpaired) electrons. The average Bonchev–Trinajstić information content (AvgIpc) is 2.73. The molecule has 2 aromatic carbocycles. The summed E-state index contributed by atoms with van der Waals surface area (Å²) in [4.78, 5) is 35.6. The first-order valence-corrected chi connectivity index (χ1v) is 10.9. The highest BCUT2D eigenvalue weighted by molar-refractivity contribution is 8.16. The summed E-state index contributed by atoms with van der Waals surface area (Å²) in [5.74, 6) is 0.991. The molecule has 1 aliphatic rings. The summed E-state index contributed by atoms with van der Waals surface area (Å²) in [5, 5.41) is 4.63. The molecule has 0 unspecified atom stereocenters. The third-order valence-corrected chi connectivity index (χ3v) is 6.88. The van der Waals surface area contributed by atoms with Gasteiger partial charge >= 0.3 is 12.0 Å². The number of benzene rings is 2. The van der Waals surface area contributed by atoms with Gasteiger partial charge in [-0.1, -0.05) is 30.3 Å². The van der Waals surface area contributed by atoms with Gasteiger partial charge in [-0.05, 0) is 47.8 Å². The van der Waals surface area contributed by atoms with Crippen LogP contribution < -0.4 is 10.6 Å². The Bertz CT molecular complexity index is 822. The van der Waals surface area contributed by atoms with Crippen molar-refractivity contribution >= 4 is 47.1 Å². The fourth-order valence-electron chi connectivity index (χ4n) is 2.52. The van der Waals surface area contributed by atoms with Crippen LogP contribution in [0.15, 0.2) is 54.6 Å². The molecule has 0 bridgehead atoms. The third-order valence-electron chi connectivity index (χ3n) is 3.86. The number of urea groups is 1. The van der Waals surface area contributed by atoms with Crippen LogP contribution in [0.4, 0.5) is 10.5 Å². The Labute approximate surface area is 171 Å². The summed E-state index contributed by atoms with van der Waals surface area (Å²) in [6.45, 7) is -0.531. The number of carbonyl (C=O) groups excluding carboxylic acids is 3. The number of hydrogen-bond acceptors (Lipinski definition) is 6. The molecule has 0 aliphatic carbocycles. The summed E-state index contributed by atoms with van der Waals surface area (Å²) in [6, 6.07) is 15.3. The summed E-state index contributed by atoms with van der Waals surface area (Å²) < 4.78 is 5.38. The Balaban J connectivity index is 1.44. The van der Waals surface area contributed by atoms with Crippen molar-refractivity contribution in [2.45, 2.75) is 11.0 Å². The standard InChI is InChI=1S/C20H20N2O4S2/c23-17(22-20(25)21-16-5-2-1-3-6-16)13-26-18(24)14-7-9-15(10-8-14)19-27-11-4-12-28-19/h1-3,5-10,19H,4,11-13H2,(H2,21,22,23,25). The zero-order valence-electron chi connectivity index (χ0n) is 15.1. The minimum absolute atomic E-state index is 0.371. The number of esters is 1. The maximum atomic E-state index is 12.1. The Morgan fingerprint density at radius 1 is 0.964 bits per heavy atom. The van der Waals surface area contributed by atoms with Gasteiger partial charge in [-0.2, -0.15) is 0 Å². The van der Waals surface area contributed by atoms with E-state index in [0.29, 0.717) is 15.8 Å². The fraction of sp³-hybridized carbons (Fsp3) is 0.250. The number of imide groups is 1. The topological polar surface area (TPSA) is 84.5 Å². The van der Waals surface area contributed by atoms with Crippen LogP contribution in [-0.4, -0.2) is 36.0 Å². The Morgan fingerprint density at radius 3 is 2.32 bits per heavy atom. The number of rotatable bonds is 5. The number of amides is 3. The molecule has 1 saturated heterocycles. The highest BCUT2D eigenvalue weighted by atomic mass is 32.2. The minimum atomic E-state index is -0.701. The molecule has 0 saturated carbocycles. The molecule has 28 heavy (non-hydrogen) atoms. The molecule has 1 fully saturated rings. The highest BCUT2D eigenvalue weighted by Gasteiger charge is 2.18. The van der Waals surface area contributed by atoms with Crippen molar-refractivity contribution in [1.29, 1.82) is 0 Å². The summed E-state index contributed by atoms with van der Waals surface area (Å²) in [5.41, 5.74) is 2.09. The van der Waals surface area contributed by atoms with Crippen molar-refractivity contribution in [3.05, 3.63) is 65.7 Å². The molecule has 0 spiro atoms. The lowest BCUT2D eigenvalue weighted by atomic mass is 10.1. The predicted octanol–water partition coefficient (Wildman–Crippen LogP) is 4.06. The minimum Gasteiger partial charge on any atom is -0.452 e. The van der Waals surface area contributed by atoms with Crippen LogP contribution in [0.5, 0.6) is 0 Å². The largest absolute Gasteiger partial charge is 0.452 e. The van der Waals surface area contributed by atoms with Gasteiger partial charge in [-0.15, -0.1) is 23.5 Å². The summed E-state index contributed by atoms with van der Waals surface area (Å²) >= 11 is 3.81. The number of nitrogens with one attached hydrogen (secondary N) is 2. The Hall–Kier alpha value is -2.45. The molecular weight excluding hydrogens is 396 g/mol. The monoisotopic (exact) mass is 416 g/mol. The first kappa shape index (κ1) is 20.3. The van der Waals surface area contributed by atoms with E-state index in [1.165, 1.54) is 12.0 Å². The van der Waals surface area contributed by atoms with Gasteiger partial charge in [0.2, 0.25) is 0 Å². The summed E-state index contributed by atoms with van der Waals surface area (Å²) in [7, 11) is 0. The van der Waals surface area contributed by atoms with Crippen LogP contribution in [0, 0.1) is 0 Å². The lowest BCUT2D eigenvalue weighted by molar-refractivity contribution is -0.123. The quantitative estimate of drug-likeness (QED) is 0.715. The third kappa shape index (κ3) is 6.03. The molecule has 146 valence electrons. The van der Waals surface area contributed by atoms with Crippen molar-refractivity contribution in [2.24, 2.45) is 0 Å². The molecule has 2 N–H and O–H groups in total. The van der Waals surface area contributed by atoms with Gasteiger partial charge in [0, 0.05) is 5.69 Å². The van der Waals surface area contributed by atoms with Gasteiger partial charge in [0.1, 0.15) is 0 Å². The van der Waals surface area contributed by atoms with E-state index in [4.69, 9.17) is 4.74 Å². The maximum absolute atomic E-state index is 12.1. The van der Waals surface area contributed by atoms with Crippen LogP contribution in [0.25, 0.3) is 0 Å². The molecule has 1 aliphatic heterocycles. The van der Waals surface area contributed by atoms with Crippen LogP contribution in [-0.2, 0) is 9.53 Å². The number of anilines is 1. The second kappa shape index (κ2) is 10.2. The number of ether oxygens (including phenoxy) is 1. The second-order valence-corrected chi connectivity index (χ2v) is 8.72. The van der Waals surface area contributed by atoms with Gasteiger partial charge in [0.25, 0.3) is 5.91 Å². The highest BCUT2D eigenvalue weighted by Crippen LogP contribution is 2.43. The first-order valence-electron chi connectivity index (χ1n) is 8.78. The lowest BCUT2D eigenvalue weighted by Crippen LogP contribution is -2.37. The average molecular weight is 417 g/mol. The second-order valence-electron chi connectivity index (χ2n) is 5.99. The van der Waals surface area contributed by atoms with Gasteiger partial charge in [-0.25, -0.2) is 9.59 Å². The predicted molar refractivity (Wildman–Crippen MR) is 113 cm³/mol. The molecule has 0 atom stereocenters. The van der Waals surface area contributed by atoms with E-state index in [0.717, 1.165) is 11.5 Å². The molecule has 3 rings (SSSR count). The molecule has 8 heteroatoms. The van der Waals surface area contributed by atoms with Crippen molar-refractivity contribution in [3.63, 3.8) is 0 Å². The molecule has 0 aromatic heterocycles. The van der Waals surface area contributed by atoms with E-state index < -0.39 is 24.5 Å². The van der Waals surface area contributed by atoms with E-state index in [1.54, 1.807) is 36.4 Å². The van der Waals surface area contributed by atoms with E-state index in [1.807, 2.05) is 41.7 Å². The van der Waals surface area contributed by atoms with Crippen LogP contribution in [0.1, 0.15) is 26.9 Å². The molecule has 2 aromatic rings. The Morgan fingerprint density at radius 2 is 1.64 bits per heavy atom. The number of carbonyl (C=O) groups is 3. The van der Waals surface area contributed by atoms with Crippen molar-refractivity contribution < 1.29 is 19.1 Å². The normalized spacial score (nSPS) is 14.1. The number of hydrogen-bond donors (Lipinski definition) is 2. The summed E-state index contributed by atoms with van der Waals surface area (Å²) in [6.07, 6.45) is 1.22. The van der Waals surface area contributed by atoms with E-state index in [-0.39, 0.29) is 0 Å². The SMILES string of the molecule is O=C(COC(=O)c1ccc(C2SCCCS2)cc1)NC(=O)Nc1ccccc1. The lowest BCUT2D eigenvalue weighted by Gasteiger charge is -2.21. The van der Waals surface area contributed by atoms with Gasteiger partial charge in [0.05, 0.1) is 10.1 Å². The molecule has 1 heterocycles. The van der Waals surface area contributed by atoms with Crippen LogP contribution >= 0.6 is 23.5 Å². The first-order chi connectivity index (χ1) is 13.6. The van der Waals surface area contributed by atoms with E-state index in [2.05, 4.69) is 10.6 Å². The number of para-hydroxylation sites is 1. The van der Waals surface area contributed by atoms with Crippen molar-refractivity contribution in [1.82, 2.24) is 5.32 Å². The molecule has 6 nitrogen and oxygen atoms in total. The van der Waals surface area contributed by atoms with E-state index in [9.17, 15) is 14.4 Å². The van der Waals surface area contributed by atoms with Gasteiger partial charge in [-0.3, -0.25) is 10.1 Å². The van der Waals surface area contributed by atoms with Gasteiger partial charge in [0.15, 0.2) is 6.61 Å². The Kier molecular flexibility index (Phi) is 7.39. The van der Waals surface area contributed by atoms with E-state index >= 15 is 0 Å². The molecule has 3 amide bonds. The van der Waals surface area contributed by atoms with Crippen LogP contribution in [0.3, 0.4) is 0 Å². The number of thioether (sulfide) groups is 2. The smallest absolute Gasteiger partial charge is 0.338 e. The van der Waals surface area contributed by atoms with Crippen molar-refractivity contribution in [2.75, 3.05) is 23.4 Å². The molecular formula is C20H20N2O4S2. The maximum Gasteiger partial charge on any atom is 0.338 e. The zero-order valence-corrected chi connectivity index (χ0v) is 16.7. The zero-order chi connectivity index (χ0) is 19.8.